The summed E-state index contributed by atoms with van der Waals surface area (Å²) in [6.45, 7) is 1.75. The fourth-order valence-corrected chi connectivity index (χ4v) is 2.37. The zero-order chi connectivity index (χ0) is 18.4. The minimum Gasteiger partial charge on any atom is -0.506 e. The van der Waals surface area contributed by atoms with Gasteiger partial charge in [-0.25, -0.2) is 5.43 Å². The van der Waals surface area contributed by atoms with Crippen LogP contribution in [0.2, 0.25) is 10.0 Å². The molecule has 0 saturated carbocycles. The normalized spacial score (nSPS) is 10.7. The van der Waals surface area contributed by atoms with E-state index in [2.05, 4.69) is 15.8 Å². The third kappa shape index (κ3) is 5.20. The van der Waals surface area contributed by atoms with E-state index in [1.807, 2.05) is 0 Å². The number of hydrogen-bond acceptors (Lipinski definition) is 4. The lowest BCUT2D eigenvalue weighted by atomic mass is 10.2. The van der Waals surface area contributed by atoms with Crippen molar-refractivity contribution < 1.29 is 14.7 Å². The van der Waals surface area contributed by atoms with Crippen molar-refractivity contribution in [1.29, 1.82) is 0 Å². The maximum Gasteiger partial charge on any atom is 0.271 e. The largest absolute Gasteiger partial charge is 0.506 e. The molecule has 2 rings (SSSR count). The number of benzene rings is 2. The molecule has 0 fully saturated rings. The zero-order valence-corrected chi connectivity index (χ0v) is 14.7. The summed E-state index contributed by atoms with van der Waals surface area (Å²) in [7, 11) is 0. The maximum absolute atomic E-state index is 12.0. The molecule has 0 spiro atoms. The second-order valence-electron chi connectivity index (χ2n) is 5.00. The summed E-state index contributed by atoms with van der Waals surface area (Å²) in [6.07, 6.45) is 1.61. The van der Waals surface area contributed by atoms with Crippen LogP contribution < -0.4 is 10.7 Å². The van der Waals surface area contributed by atoms with E-state index in [1.165, 1.54) is 18.3 Å². The molecule has 2 aromatic rings. The summed E-state index contributed by atoms with van der Waals surface area (Å²) >= 11 is 11.7. The number of nitrogens with zero attached hydrogens (tertiary/aromatic N) is 1. The number of aromatic hydroxyl groups is 1. The standard InChI is InChI=1S/C17H15Cl2N3O3/c1-2-15(23)21-13-5-3-10(4-6-13)17(25)22-20-9-11-7-12(18)8-14(19)16(11)24/h3-9,24H,2H2,1H3,(H,21,23)(H,22,25). The number of hydrazone groups is 1. The number of phenols is 1. The molecule has 130 valence electrons. The molecule has 0 bridgehead atoms. The summed E-state index contributed by atoms with van der Waals surface area (Å²) in [5, 5.41) is 16.7. The fourth-order valence-electron chi connectivity index (χ4n) is 1.86. The summed E-state index contributed by atoms with van der Waals surface area (Å²) < 4.78 is 0. The highest BCUT2D eigenvalue weighted by Gasteiger charge is 2.07. The molecular formula is C17H15Cl2N3O3. The van der Waals surface area contributed by atoms with Gasteiger partial charge in [0.05, 0.1) is 11.2 Å². The van der Waals surface area contributed by atoms with Gasteiger partial charge in [-0.3, -0.25) is 9.59 Å². The number of nitrogens with one attached hydrogen (secondary N) is 2. The highest BCUT2D eigenvalue weighted by atomic mass is 35.5. The second-order valence-corrected chi connectivity index (χ2v) is 5.85. The Kier molecular flexibility index (Phi) is 6.38. The highest BCUT2D eigenvalue weighted by molar-refractivity contribution is 6.36. The smallest absolute Gasteiger partial charge is 0.271 e. The Morgan fingerprint density at radius 2 is 1.88 bits per heavy atom. The molecule has 0 aromatic heterocycles. The first-order valence-electron chi connectivity index (χ1n) is 7.32. The van der Waals surface area contributed by atoms with Crippen LogP contribution >= 0.6 is 23.2 Å². The van der Waals surface area contributed by atoms with Crippen molar-refractivity contribution in [1.82, 2.24) is 5.43 Å². The Bertz CT molecular complexity index is 821. The Morgan fingerprint density at radius 1 is 1.20 bits per heavy atom. The molecule has 8 heteroatoms. The van der Waals surface area contributed by atoms with Crippen LogP contribution in [0.3, 0.4) is 0 Å². The molecule has 0 aliphatic carbocycles. The average molecular weight is 380 g/mol. The second kappa shape index (κ2) is 8.50. The van der Waals surface area contributed by atoms with Gasteiger partial charge in [-0.1, -0.05) is 30.1 Å². The van der Waals surface area contributed by atoms with E-state index in [-0.39, 0.29) is 22.2 Å². The van der Waals surface area contributed by atoms with Gasteiger partial charge in [0.25, 0.3) is 5.91 Å². The third-order valence-electron chi connectivity index (χ3n) is 3.18. The molecule has 3 N–H and O–H groups in total. The van der Waals surface area contributed by atoms with Gasteiger partial charge in [0, 0.05) is 28.3 Å². The molecule has 2 aromatic carbocycles. The molecule has 0 aliphatic rings. The molecule has 0 atom stereocenters. The summed E-state index contributed by atoms with van der Waals surface area (Å²) in [6, 6.07) is 9.22. The first kappa shape index (κ1) is 18.8. The number of rotatable bonds is 5. The van der Waals surface area contributed by atoms with Crippen molar-refractivity contribution in [3.63, 3.8) is 0 Å². The van der Waals surface area contributed by atoms with Gasteiger partial charge in [0.15, 0.2) is 0 Å². The SMILES string of the molecule is CCC(=O)Nc1ccc(C(=O)NN=Cc2cc(Cl)cc(Cl)c2O)cc1. The van der Waals surface area contributed by atoms with Crippen molar-refractivity contribution in [2.24, 2.45) is 5.10 Å². The first-order chi connectivity index (χ1) is 11.9. The fraction of sp³-hybridized carbons (Fsp3) is 0.118. The Labute approximate surface area is 154 Å². The zero-order valence-electron chi connectivity index (χ0n) is 13.2. The molecule has 0 aliphatic heterocycles. The Morgan fingerprint density at radius 3 is 2.52 bits per heavy atom. The average Bonchev–Trinajstić information content (AvgIpc) is 2.59. The Hall–Kier alpha value is -2.57. The van der Waals surface area contributed by atoms with E-state index in [1.54, 1.807) is 31.2 Å². The van der Waals surface area contributed by atoms with Crippen molar-refractivity contribution >= 4 is 46.9 Å². The van der Waals surface area contributed by atoms with Gasteiger partial charge < -0.3 is 10.4 Å². The van der Waals surface area contributed by atoms with E-state index in [9.17, 15) is 14.7 Å². The maximum atomic E-state index is 12.0. The molecule has 6 nitrogen and oxygen atoms in total. The number of carbonyl (C=O) groups excluding carboxylic acids is 2. The number of phenolic OH excluding ortho intramolecular Hbond substituents is 1. The first-order valence-corrected chi connectivity index (χ1v) is 8.07. The van der Waals surface area contributed by atoms with Gasteiger partial charge in [0.1, 0.15) is 5.75 Å². The van der Waals surface area contributed by atoms with Crippen LogP contribution in [0.15, 0.2) is 41.5 Å². The number of amides is 2. The van der Waals surface area contributed by atoms with E-state index in [0.717, 1.165) is 0 Å². The van der Waals surface area contributed by atoms with Crippen molar-refractivity contribution in [3.05, 3.63) is 57.6 Å². The highest BCUT2D eigenvalue weighted by Crippen LogP contribution is 2.29. The van der Waals surface area contributed by atoms with Gasteiger partial charge in [-0.05, 0) is 36.4 Å². The minimum atomic E-state index is -0.447. The van der Waals surface area contributed by atoms with Gasteiger partial charge in [0.2, 0.25) is 5.91 Å². The van der Waals surface area contributed by atoms with Crippen LogP contribution in [0, 0.1) is 0 Å². The monoisotopic (exact) mass is 379 g/mol. The molecule has 25 heavy (non-hydrogen) atoms. The lowest BCUT2D eigenvalue weighted by molar-refractivity contribution is -0.115. The number of hydrogen-bond donors (Lipinski definition) is 3. The quantitative estimate of drug-likeness (QED) is 0.544. The van der Waals surface area contributed by atoms with Gasteiger partial charge in [-0.15, -0.1) is 0 Å². The van der Waals surface area contributed by atoms with Crippen LogP contribution in [-0.2, 0) is 4.79 Å². The summed E-state index contributed by atoms with van der Waals surface area (Å²) in [5.74, 6) is -0.737. The van der Waals surface area contributed by atoms with Crippen LogP contribution in [-0.4, -0.2) is 23.1 Å². The van der Waals surface area contributed by atoms with Crippen LogP contribution in [0.4, 0.5) is 5.69 Å². The van der Waals surface area contributed by atoms with E-state index >= 15 is 0 Å². The lowest BCUT2D eigenvalue weighted by Crippen LogP contribution is -2.17. The number of anilines is 1. The van der Waals surface area contributed by atoms with Crippen molar-refractivity contribution in [2.45, 2.75) is 13.3 Å². The molecule has 0 unspecified atom stereocenters. The van der Waals surface area contributed by atoms with Crippen LogP contribution in [0.25, 0.3) is 0 Å². The number of carbonyl (C=O) groups is 2. The van der Waals surface area contributed by atoms with E-state index < -0.39 is 5.91 Å². The molecular weight excluding hydrogens is 365 g/mol. The summed E-state index contributed by atoms with van der Waals surface area (Å²) in [4.78, 5) is 23.3. The predicted molar refractivity (Wildman–Crippen MR) is 98.5 cm³/mol. The molecule has 0 saturated heterocycles. The van der Waals surface area contributed by atoms with Crippen molar-refractivity contribution in [2.75, 3.05) is 5.32 Å². The molecule has 0 radical (unpaired) electrons. The van der Waals surface area contributed by atoms with E-state index in [4.69, 9.17) is 23.2 Å². The lowest BCUT2D eigenvalue weighted by Gasteiger charge is -2.05. The van der Waals surface area contributed by atoms with E-state index in [0.29, 0.717) is 22.7 Å². The van der Waals surface area contributed by atoms with Crippen LogP contribution in [0.5, 0.6) is 5.75 Å². The van der Waals surface area contributed by atoms with Crippen LogP contribution in [0.1, 0.15) is 29.3 Å². The topological polar surface area (TPSA) is 90.8 Å². The van der Waals surface area contributed by atoms with Crippen molar-refractivity contribution in [3.8, 4) is 5.75 Å². The third-order valence-corrected chi connectivity index (χ3v) is 3.69. The van der Waals surface area contributed by atoms with Gasteiger partial charge >= 0.3 is 0 Å². The van der Waals surface area contributed by atoms with Gasteiger partial charge in [-0.2, -0.15) is 5.10 Å². The minimum absolute atomic E-state index is 0.0880. The Balaban J connectivity index is 2.02. The molecule has 0 heterocycles. The molecule has 2 amide bonds. The number of halogens is 2. The summed E-state index contributed by atoms with van der Waals surface area (Å²) in [5.41, 5.74) is 3.57. The predicted octanol–water partition coefficient (Wildman–Crippen LogP) is 3.81.